The van der Waals surface area contributed by atoms with Gasteiger partial charge < -0.3 is 10.5 Å². The molecule has 2 aromatic carbocycles. The average molecular weight is 282 g/mol. The van der Waals surface area contributed by atoms with Crippen LogP contribution in [-0.2, 0) is 6.61 Å². The van der Waals surface area contributed by atoms with E-state index in [-0.39, 0.29) is 0 Å². The molecule has 0 heterocycles. The summed E-state index contributed by atoms with van der Waals surface area (Å²) in [5, 5.41) is 1.19. The van der Waals surface area contributed by atoms with Crippen molar-refractivity contribution in [2.24, 2.45) is 0 Å². The van der Waals surface area contributed by atoms with Crippen LogP contribution in [0.15, 0.2) is 36.4 Å². The maximum Gasteiger partial charge on any atom is 0.121 e. The van der Waals surface area contributed by atoms with E-state index < -0.39 is 0 Å². The fourth-order valence-corrected chi connectivity index (χ4v) is 1.99. The number of nitrogen functional groups attached to an aromatic ring is 1. The molecule has 0 radical (unpaired) electrons. The van der Waals surface area contributed by atoms with Crippen LogP contribution >= 0.6 is 23.2 Å². The largest absolute Gasteiger partial charge is 0.489 e. The zero-order valence-electron chi connectivity index (χ0n) is 9.91. The lowest BCUT2D eigenvalue weighted by Gasteiger charge is -2.09. The number of rotatable bonds is 3. The minimum absolute atomic E-state index is 0.402. The Balaban J connectivity index is 2.09. The summed E-state index contributed by atoms with van der Waals surface area (Å²) in [6.07, 6.45) is 0. The van der Waals surface area contributed by atoms with Gasteiger partial charge in [-0.3, -0.25) is 0 Å². The van der Waals surface area contributed by atoms with Crippen molar-refractivity contribution < 1.29 is 4.74 Å². The highest BCUT2D eigenvalue weighted by atomic mass is 35.5. The molecule has 0 unspecified atom stereocenters. The van der Waals surface area contributed by atoms with Crippen LogP contribution in [-0.4, -0.2) is 0 Å². The van der Waals surface area contributed by atoms with Gasteiger partial charge in [-0.15, -0.1) is 0 Å². The smallest absolute Gasteiger partial charge is 0.121 e. The minimum Gasteiger partial charge on any atom is -0.489 e. The van der Waals surface area contributed by atoms with E-state index in [1.54, 1.807) is 18.2 Å². The maximum absolute atomic E-state index is 6.13. The van der Waals surface area contributed by atoms with Crippen LogP contribution in [0.2, 0.25) is 10.0 Å². The van der Waals surface area contributed by atoms with Crippen molar-refractivity contribution in [3.63, 3.8) is 0 Å². The van der Waals surface area contributed by atoms with Crippen molar-refractivity contribution in [1.29, 1.82) is 0 Å². The molecule has 2 N–H and O–H groups in total. The Labute approximate surface area is 116 Å². The molecule has 2 rings (SSSR count). The van der Waals surface area contributed by atoms with Crippen molar-refractivity contribution in [2.45, 2.75) is 13.5 Å². The second-order valence-electron chi connectivity index (χ2n) is 4.07. The third kappa shape index (κ3) is 3.09. The number of ether oxygens (including phenoxy) is 1. The quantitative estimate of drug-likeness (QED) is 0.843. The van der Waals surface area contributed by atoms with Crippen molar-refractivity contribution >= 4 is 28.9 Å². The van der Waals surface area contributed by atoms with Gasteiger partial charge in [0.05, 0.1) is 10.7 Å². The molecule has 0 aliphatic heterocycles. The SMILES string of the molecule is Cc1ccc(COc2ccc(N)c(Cl)c2)c(Cl)c1. The van der Waals surface area contributed by atoms with E-state index in [0.717, 1.165) is 11.1 Å². The lowest BCUT2D eigenvalue weighted by Crippen LogP contribution is -1.97. The molecule has 0 saturated carbocycles. The fourth-order valence-electron chi connectivity index (χ4n) is 1.53. The molecule has 4 heteroatoms. The molecule has 0 bridgehead atoms. The predicted octanol–water partition coefficient (Wildman–Crippen LogP) is 4.46. The Morgan fingerprint density at radius 2 is 1.83 bits per heavy atom. The summed E-state index contributed by atoms with van der Waals surface area (Å²) in [6.45, 7) is 2.40. The summed E-state index contributed by atoms with van der Waals surface area (Å²) >= 11 is 12.0. The number of halogens is 2. The van der Waals surface area contributed by atoms with Gasteiger partial charge in [0, 0.05) is 16.7 Å². The molecule has 0 atom stereocenters. The number of aryl methyl sites for hydroxylation is 1. The first-order chi connectivity index (χ1) is 8.56. The van der Waals surface area contributed by atoms with E-state index in [4.69, 9.17) is 33.7 Å². The highest BCUT2D eigenvalue weighted by molar-refractivity contribution is 6.33. The second kappa shape index (κ2) is 5.51. The summed E-state index contributed by atoms with van der Waals surface area (Å²) in [4.78, 5) is 0. The predicted molar refractivity (Wildman–Crippen MR) is 76.4 cm³/mol. The van der Waals surface area contributed by atoms with Crippen LogP contribution in [0.25, 0.3) is 0 Å². The lowest BCUT2D eigenvalue weighted by molar-refractivity contribution is 0.306. The van der Waals surface area contributed by atoms with E-state index in [0.29, 0.717) is 28.1 Å². The van der Waals surface area contributed by atoms with Crippen LogP contribution in [0.1, 0.15) is 11.1 Å². The first-order valence-electron chi connectivity index (χ1n) is 5.49. The Morgan fingerprint density at radius 1 is 1.06 bits per heavy atom. The van der Waals surface area contributed by atoms with E-state index in [1.165, 1.54) is 0 Å². The van der Waals surface area contributed by atoms with Crippen molar-refractivity contribution in [2.75, 3.05) is 5.73 Å². The van der Waals surface area contributed by atoms with Crippen LogP contribution in [0.5, 0.6) is 5.75 Å². The standard InChI is InChI=1S/C14H13Cl2NO/c1-9-2-3-10(12(15)6-9)8-18-11-4-5-14(17)13(16)7-11/h2-7H,8,17H2,1H3. The van der Waals surface area contributed by atoms with Crippen LogP contribution in [0, 0.1) is 6.92 Å². The Kier molecular flexibility index (Phi) is 4.00. The molecular formula is C14H13Cl2NO. The summed E-state index contributed by atoms with van der Waals surface area (Å²) in [5.41, 5.74) is 8.23. The van der Waals surface area contributed by atoms with Gasteiger partial charge in [0.15, 0.2) is 0 Å². The lowest BCUT2D eigenvalue weighted by atomic mass is 10.1. The van der Waals surface area contributed by atoms with Gasteiger partial charge in [0.2, 0.25) is 0 Å². The van der Waals surface area contributed by atoms with Crippen molar-refractivity contribution in [1.82, 2.24) is 0 Å². The zero-order valence-corrected chi connectivity index (χ0v) is 11.4. The molecule has 0 amide bonds. The van der Waals surface area contributed by atoms with E-state index in [1.807, 2.05) is 25.1 Å². The molecule has 2 aromatic rings. The van der Waals surface area contributed by atoms with Crippen molar-refractivity contribution in [3.05, 3.63) is 57.6 Å². The number of anilines is 1. The molecule has 0 aromatic heterocycles. The van der Waals surface area contributed by atoms with E-state index in [9.17, 15) is 0 Å². The van der Waals surface area contributed by atoms with Crippen LogP contribution < -0.4 is 10.5 Å². The average Bonchev–Trinajstić information content (AvgIpc) is 2.32. The Hall–Kier alpha value is -1.38. The van der Waals surface area contributed by atoms with Gasteiger partial charge in [-0.25, -0.2) is 0 Å². The topological polar surface area (TPSA) is 35.2 Å². The molecule has 2 nitrogen and oxygen atoms in total. The molecule has 94 valence electrons. The number of hydrogen-bond donors (Lipinski definition) is 1. The third-order valence-electron chi connectivity index (χ3n) is 2.57. The van der Waals surface area contributed by atoms with Gasteiger partial charge >= 0.3 is 0 Å². The monoisotopic (exact) mass is 281 g/mol. The Morgan fingerprint density at radius 3 is 2.50 bits per heavy atom. The molecular weight excluding hydrogens is 269 g/mol. The van der Waals surface area contributed by atoms with Gasteiger partial charge in [0.25, 0.3) is 0 Å². The zero-order chi connectivity index (χ0) is 13.1. The minimum atomic E-state index is 0.402. The Bertz CT molecular complexity index is 570. The number of benzene rings is 2. The number of nitrogens with two attached hydrogens (primary N) is 1. The molecule has 0 saturated heterocycles. The van der Waals surface area contributed by atoms with Gasteiger partial charge in [-0.05, 0) is 30.7 Å². The molecule has 0 aliphatic rings. The normalized spacial score (nSPS) is 10.4. The van der Waals surface area contributed by atoms with Gasteiger partial charge in [-0.2, -0.15) is 0 Å². The van der Waals surface area contributed by atoms with E-state index in [2.05, 4.69) is 0 Å². The first-order valence-corrected chi connectivity index (χ1v) is 6.24. The molecule has 18 heavy (non-hydrogen) atoms. The molecule has 0 fully saturated rings. The number of hydrogen-bond acceptors (Lipinski definition) is 2. The van der Waals surface area contributed by atoms with Crippen LogP contribution in [0.3, 0.4) is 0 Å². The summed E-state index contributed by atoms with van der Waals surface area (Å²) < 4.78 is 5.62. The highest BCUT2D eigenvalue weighted by Crippen LogP contribution is 2.25. The third-order valence-corrected chi connectivity index (χ3v) is 3.25. The van der Waals surface area contributed by atoms with Gasteiger partial charge in [0.1, 0.15) is 12.4 Å². The fraction of sp³-hybridized carbons (Fsp3) is 0.143. The van der Waals surface area contributed by atoms with Crippen molar-refractivity contribution in [3.8, 4) is 5.75 Å². The summed E-state index contributed by atoms with van der Waals surface area (Å²) in [7, 11) is 0. The molecule has 0 aliphatic carbocycles. The molecule has 0 spiro atoms. The summed E-state index contributed by atoms with van der Waals surface area (Å²) in [5.74, 6) is 0.672. The van der Waals surface area contributed by atoms with Gasteiger partial charge in [-0.1, -0.05) is 35.3 Å². The van der Waals surface area contributed by atoms with Crippen LogP contribution in [0.4, 0.5) is 5.69 Å². The highest BCUT2D eigenvalue weighted by Gasteiger charge is 2.03. The maximum atomic E-state index is 6.13. The van der Waals surface area contributed by atoms with E-state index >= 15 is 0 Å². The first kappa shape index (κ1) is 13.1. The summed E-state index contributed by atoms with van der Waals surface area (Å²) in [6, 6.07) is 11.1. The second-order valence-corrected chi connectivity index (χ2v) is 4.88.